The lowest BCUT2D eigenvalue weighted by Gasteiger charge is -2.34. The van der Waals surface area contributed by atoms with Gasteiger partial charge in [0.25, 0.3) is 10.0 Å². The van der Waals surface area contributed by atoms with Crippen molar-refractivity contribution in [2.24, 2.45) is 0 Å². The fourth-order valence-corrected chi connectivity index (χ4v) is 6.50. The molecule has 0 radical (unpaired) electrons. The Bertz CT molecular complexity index is 1650. The second-order valence-electron chi connectivity index (χ2n) is 11.1. The molecule has 9 heteroatoms. The molecule has 0 unspecified atom stereocenters. The minimum absolute atomic E-state index is 0.0625. The first-order valence-corrected chi connectivity index (χ1v) is 17.1. The summed E-state index contributed by atoms with van der Waals surface area (Å²) in [6.07, 6.45) is 1.98. The molecule has 0 saturated carbocycles. The molecule has 0 heterocycles. The average Bonchev–Trinajstić information content (AvgIpc) is 3.07. The molecule has 8 nitrogen and oxygen atoms in total. The number of unbranched alkanes of at least 4 members (excludes halogenated alkanes) is 1. The monoisotopic (exact) mass is 641 g/mol. The van der Waals surface area contributed by atoms with E-state index in [9.17, 15) is 18.0 Å². The lowest BCUT2D eigenvalue weighted by molar-refractivity contribution is -0.140. The number of rotatable bonds is 16. The van der Waals surface area contributed by atoms with Crippen molar-refractivity contribution in [1.82, 2.24) is 10.2 Å². The van der Waals surface area contributed by atoms with Crippen molar-refractivity contribution in [1.29, 1.82) is 0 Å². The van der Waals surface area contributed by atoms with Crippen molar-refractivity contribution in [3.63, 3.8) is 0 Å². The molecule has 0 aliphatic heterocycles. The van der Waals surface area contributed by atoms with E-state index in [-0.39, 0.29) is 23.8 Å². The molecule has 4 rings (SSSR count). The van der Waals surface area contributed by atoms with Crippen molar-refractivity contribution < 1.29 is 22.7 Å². The van der Waals surface area contributed by atoms with Gasteiger partial charge in [-0.3, -0.25) is 13.9 Å². The zero-order valence-corrected chi connectivity index (χ0v) is 27.6. The predicted octanol–water partition coefficient (Wildman–Crippen LogP) is 6.15. The second-order valence-corrected chi connectivity index (χ2v) is 13.0. The molecular formula is C37H43N3O5S. The van der Waals surface area contributed by atoms with E-state index in [4.69, 9.17) is 4.74 Å². The zero-order chi connectivity index (χ0) is 32.9. The lowest BCUT2D eigenvalue weighted by atomic mass is 10.0. The SMILES string of the molecule is CCCCNC(=O)[C@@H](Cc1ccccc1)N(Cc1ccccc1)C(=O)CN(c1ccc(OCC)cc1)S(=O)(=O)c1ccc(C)cc1. The smallest absolute Gasteiger partial charge is 0.264 e. The Balaban J connectivity index is 1.77. The predicted molar refractivity (Wildman–Crippen MR) is 182 cm³/mol. The minimum Gasteiger partial charge on any atom is -0.494 e. The van der Waals surface area contributed by atoms with Crippen molar-refractivity contribution in [3.05, 3.63) is 126 Å². The van der Waals surface area contributed by atoms with Crippen LogP contribution in [0.2, 0.25) is 0 Å². The van der Waals surface area contributed by atoms with Gasteiger partial charge in [-0.05, 0) is 67.8 Å². The maximum Gasteiger partial charge on any atom is 0.264 e. The number of anilines is 1. The number of carbonyl (C=O) groups is 2. The highest BCUT2D eigenvalue weighted by molar-refractivity contribution is 7.92. The van der Waals surface area contributed by atoms with Crippen LogP contribution in [0.15, 0.2) is 114 Å². The summed E-state index contributed by atoms with van der Waals surface area (Å²) in [5, 5.41) is 3.01. The molecule has 1 N–H and O–H groups in total. The third-order valence-electron chi connectivity index (χ3n) is 7.62. The molecule has 242 valence electrons. The zero-order valence-electron chi connectivity index (χ0n) is 26.8. The van der Waals surface area contributed by atoms with Gasteiger partial charge in [-0.15, -0.1) is 0 Å². The van der Waals surface area contributed by atoms with Crippen LogP contribution < -0.4 is 14.4 Å². The molecule has 4 aromatic rings. The highest BCUT2D eigenvalue weighted by Crippen LogP contribution is 2.27. The molecule has 0 aromatic heterocycles. The number of ether oxygens (including phenoxy) is 1. The highest BCUT2D eigenvalue weighted by atomic mass is 32.2. The van der Waals surface area contributed by atoms with E-state index in [2.05, 4.69) is 5.32 Å². The number of hydrogen-bond donors (Lipinski definition) is 1. The Hall–Kier alpha value is -4.63. The van der Waals surface area contributed by atoms with Gasteiger partial charge in [-0.1, -0.05) is 91.7 Å². The topological polar surface area (TPSA) is 96.0 Å². The van der Waals surface area contributed by atoms with Gasteiger partial charge in [-0.25, -0.2) is 8.42 Å². The highest BCUT2D eigenvalue weighted by Gasteiger charge is 2.34. The van der Waals surface area contributed by atoms with Crippen LogP contribution in [0, 0.1) is 6.92 Å². The van der Waals surface area contributed by atoms with Crippen LogP contribution in [0.5, 0.6) is 5.75 Å². The summed E-state index contributed by atoms with van der Waals surface area (Å²) < 4.78 is 35.1. The Kier molecular flexibility index (Phi) is 12.4. The van der Waals surface area contributed by atoms with Crippen LogP contribution in [0.3, 0.4) is 0 Å². The molecule has 0 spiro atoms. The number of amides is 2. The largest absolute Gasteiger partial charge is 0.494 e. The molecular weight excluding hydrogens is 598 g/mol. The van der Waals surface area contributed by atoms with Crippen LogP contribution in [0.1, 0.15) is 43.4 Å². The van der Waals surface area contributed by atoms with Gasteiger partial charge in [0.1, 0.15) is 18.3 Å². The average molecular weight is 642 g/mol. The number of nitrogens with zero attached hydrogens (tertiary/aromatic N) is 2. The molecule has 0 saturated heterocycles. The second kappa shape index (κ2) is 16.6. The van der Waals surface area contributed by atoms with Gasteiger partial charge >= 0.3 is 0 Å². The molecule has 0 aliphatic carbocycles. The van der Waals surface area contributed by atoms with Crippen LogP contribution in [-0.4, -0.2) is 50.9 Å². The van der Waals surface area contributed by atoms with Crippen molar-refractivity contribution in [2.75, 3.05) is 24.0 Å². The standard InChI is InChI=1S/C37H43N3O5S/c1-4-6-25-38-37(42)35(26-30-13-9-7-10-14-30)39(27-31-15-11-8-12-16-31)36(41)28-40(32-19-21-33(22-20-32)45-5-2)46(43,44)34-23-17-29(3)18-24-34/h7-24,35H,4-6,25-28H2,1-3H3,(H,38,42)/t35-/m1/s1. The van der Waals surface area contributed by atoms with Crippen LogP contribution in [0.4, 0.5) is 5.69 Å². The molecule has 0 bridgehead atoms. The summed E-state index contributed by atoms with van der Waals surface area (Å²) in [5.74, 6) is -0.196. The van der Waals surface area contributed by atoms with Crippen molar-refractivity contribution in [3.8, 4) is 5.75 Å². The molecule has 0 fully saturated rings. The first-order chi connectivity index (χ1) is 22.2. The fourth-order valence-electron chi connectivity index (χ4n) is 5.08. The van der Waals surface area contributed by atoms with Crippen molar-refractivity contribution in [2.45, 2.75) is 57.5 Å². The van der Waals surface area contributed by atoms with Crippen LogP contribution in [0.25, 0.3) is 0 Å². The van der Waals surface area contributed by atoms with E-state index < -0.39 is 28.5 Å². The van der Waals surface area contributed by atoms with Crippen molar-refractivity contribution >= 4 is 27.5 Å². The van der Waals surface area contributed by atoms with Gasteiger partial charge in [0, 0.05) is 19.5 Å². The third kappa shape index (κ3) is 9.20. The summed E-state index contributed by atoms with van der Waals surface area (Å²) in [7, 11) is -4.18. The minimum atomic E-state index is -4.18. The van der Waals surface area contributed by atoms with Gasteiger partial charge in [-0.2, -0.15) is 0 Å². The van der Waals surface area contributed by atoms with Gasteiger partial charge in [0.15, 0.2) is 0 Å². The summed E-state index contributed by atoms with van der Waals surface area (Å²) in [4.78, 5) is 29.9. The maximum atomic E-state index is 14.5. The number of carbonyl (C=O) groups excluding carboxylic acids is 2. The summed E-state index contributed by atoms with van der Waals surface area (Å²) in [6.45, 7) is 6.35. The normalized spacial score (nSPS) is 11.8. The Labute approximate surface area is 273 Å². The molecule has 0 aliphatic rings. The number of nitrogens with one attached hydrogen (secondary N) is 1. The molecule has 2 amide bonds. The van der Waals surface area contributed by atoms with E-state index in [0.29, 0.717) is 24.6 Å². The number of benzene rings is 4. The fraction of sp³-hybridized carbons (Fsp3) is 0.297. The Morgan fingerprint density at radius 1 is 0.804 bits per heavy atom. The van der Waals surface area contributed by atoms with E-state index in [0.717, 1.165) is 33.8 Å². The van der Waals surface area contributed by atoms with Gasteiger partial charge in [0.2, 0.25) is 11.8 Å². The Morgan fingerprint density at radius 3 is 2.00 bits per heavy atom. The Morgan fingerprint density at radius 2 is 1.41 bits per heavy atom. The number of sulfonamides is 1. The summed E-state index contributed by atoms with van der Waals surface area (Å²) >= 11 is 0. The van der Waals surface area contributed by atoms with E-state index in [1.165, 1.54) is 17.0 Å². The van der Waals surface area contributed by atoms with E-state index >= 15 is 0 Å². The first-order valence-electron chi connectivity index (χ1n) is 15.7. The summed E-state index contributed by atoms with van der Waals surface area (Å²) in [5.41, 5.74) is 2.93. The van der Waals surface area contributed by atoms with Gasteiger partial charge in [0.05, 0.1) is 17.2 Å². The number of aryl methyl sites for hydroxylation is 1. The van der Waals surface area contributed by atoms with Gasteiger partial charge < -0.3 is 15.0 Å². The third-order valence-corrected chi connectivity index (χ3v) is 9.41. The summed E-state index contributed by atoms with van der Waals surface area (Å²) in [6, 6.07) is 31.2. The van der Waals surface area contributed by atoms with E-state index in [1.807, 2.05) is 81.4 Å². The van der Waals surface area contributed by atoms with Crippen LogP contribution >= 0.6 is 0 Å². The van der Waals surface area contributed by atoms with Crippen LogP contribution in [-0.2, 0) is 32.6 Å². The molecule has 4 aromatic carbocycles. The first kappa shape index (κ1) is 34.2. The number of hydrogen-bond acceptors (Lipinski definition) is 5. The molecule has 46 heavy (non-hydrogen) atoms. The lowest BCUT2D eigenvalue weighted by Crippen LogP contribution is -2.53. The van der Waals surface area contributed by atoms with E-state index in [1.54, 1.807) is 36.4 Å². The maximum absolute atomic E-state index is 14.5. The molecule has 1 atom stereocenters. The quantitative estimate of drug-likeness (QED) is 0.148.